The van der Waals surface area contributed by atoms with Crippen molar-refractivity contribution in [2.45, 2.75) is 37.6 Å². The van der Waals surface area contributed by atoms with Gasteiger partial charge in [-0.15, -0.1) is 0 Å². The van der Waals surface area contributed by atoms with Gasteiger partial charge in [-0.25, -0.2) is 4.39 Å². The molecule has 0 aromatic heterocycles. The number of halogens is 1. The van der Waals surface area contributed by atoms with Crippen LogP contribution in [0.5, 0.6) is 0 Å². The van der Waals surface area contributed by atoms with Crippen molar-refractivity contribution in [3.05, 3.63) is 35.4 Å². The fourth-order valence-corrected chi connectivity index (χ4v) is 2.98. The van der Waals surface area contributed by atoms with Crippen molar-refractivity contribution >= 4 is 5.91 Å². The summed E-state index contributed by atoms with van der Waals surface area (Å²) in [6.07, 6.45) is -0.355. The second-order valence-corrected chi connectivity index (χ2v) is 5.37. The Labute approximate surface area is 117 Å². The normalized spacial score (nSPS) is 28.8. The minimum atomic E-state index is -1.08. The Balaban J connectivity index is 1.75. The predicted octanol–water partition coefficient (Wildman–Crippen LogP) is 1.16. The smallest absolute Gasteiger partial charge is 0.241 e. The first kappa shape index (κ1) is 13.1. The van der Waals surface area contributed by atoms with Gasteiger partial charge in [0.05, 0.1) is 18.7 Å². The van der Waals surface area contributed by atoms with E-state index >= 15 is 0 Å². The van der Waals surface area contributed by atoms with Gasteiger partial charge in [0.1, 0.15) is 12.2 Å². The van der Waals surface area contributed by atoms with Gasteiger partial charge in [-0.3, -0.25) is 4.79 Å². The molecule has 1 aromatic rings. The number of nitriles is 1. The molecule has 0 bridgehead atoms. The molecule has 1 N–H and O–H groups in total. The molecule has 20 heavy (non-hydrogen) atoms. The Morgan fingerprint density at radius 3 is 2.90 bits per heavy atom. The molecule has 2 heterocycles. The van der Waals surface area contributed by atoms with E-state index in [-0.39, 0.29) is 24.9 Å². The highest BCUT2D eigenvalue weighted by Crippen LogP contribution is 2.23. The van der Waals surface area contributed by atoms with E-state index in [0.29, 0.717) is 13.0 Å². The number of rotatable bonds is 1. The zero-order valence-corrected chi connectivity index (χ0v) is 11.1. The second kappa shape index (κ2) is 5.22. The molecule has 1 fully saturated rings. The number of carbonyl (C=O) groups is 1. The molecule has 2 aliphatic heterocycles. The molecule has 0 aliphatic carbocycles. The van der Waals surface area contributed by atoms with Crippen LogP contribution in [0, 0.1) is 11.3 Å². The number of alkyl halides is 1. The van der Waals surface area contributed by atoms with E-state index in [1.165, 1.54) is 10.5 Å². The first-order valence-corrected chi connectivity index (χ1v) is 6.83. The summed E-state index contributed by atoms with van der Waals surface area (Å²) in [5.74, 6) is -0.161. The monoisotopic (exact) mass is 273 g/mol. The minimum absolute atomic E-state index is 0.0386. The highest BCUT2D eigenvalue weighted by molar-refractivity contribution is 5.83. The maximum atomic E-state index is 13.4. The number of nitrogens with one attached hydrogen (secondary N) is 1. The summed E-state index contributed by atoms with van der Waals surface area (Å²) in [6, 6.07) is 9.02. The summed E-state index contributed by atoms with van der Waals surface area (Å²) in [4.78, 5) is 13.9. The van der Waals surface area contributed by atoms with Crippen molar-refractivity contribution in [3.8, 4) is 6.07 Å². The largest absolute Gasteiger partial charge is 0.322 e. The Morgan fingerprint density at radius 1 is 1.40 bits per heavy atom. The third kappa shape index (κ3) is 2.27. The van der Waals surface area contributed by atoms with Crippen LogP contribution in [0.3, 0.4) is 0 Å². The maximum Gasteiger partial charge on any atom is 0.241 e. The molecule has 0 saturated carbocycles. The molecule has 1 amide bonds. The SMILES string of the molecule is N#C[C@@H]1C[C@H](F)CN1C(=O)[C@@H]1Cc2ccccc2CN1. The van der Waals surface area contributed by atoms with Crippen molar-refractivity contribution in [1.29, 1.82) is 5.26 Å². The van der Waals surface area contributed by atoms with E-state index in [4.69, 9.17) is 5.26 Å². The standard InChI is InChI=1S/C15H16FN3O/c16-12-6-13(7-17)19(9-12)15(20)14-5-10-3-1-2-4-11(10)8-18-14/h1-4,12-14,18H,5-6,8-9H2/t12-,13-,14-/m0/s1. The van der Waals surface area contributed by atoms with Crippen LogP contribution >= 0.6 is 0 Å². The van der Waals surface area contributed by atoms with Gasteiger partial charge in [-0.1, -0.05) is 24.3 Å². The molecule has 3 rings (SSSR count). The lowest BCUT2D eigenvalue weighted by Gasteiger charge is -2.30. The summed E-state index contributed by atoms with van der Waals surface area (Å²) in [7, 11) is 0. The minimum Gasteiger partial charge on any atom is -0.322 e. The van der Waals surface area contributed by atoms with Gasteiger partial charge >= 0.3 is 0 Å². The van der Waals surface area contributed by atoms with Gasteiger partial charge in [0, 0.05) is 13.0 Å². The molecule has 1 saturated heterocycles. The number of hydrogen-bond acceptors (Lipinski definition) is 3. The summed E-state index contributed by atoms with van der Waals surface area (Å²) in [5, 5.41) is 12.2. The van der Waals surface area contributed by atoms with Gasteiger partial charge in [-0.05, 0) is 17.5 Å². The molecule has 0 unspecified atom stereocenters. The number of benzene rings is 1. The zero-order valence-electron chi connectivity index (χ0n) is 11.1. The van der Waals surface area contributed by atoms with Crippen LogP contribution in [0.4, 0.5) is 4.39 Å². The van der Waals surface area contributed by atoms with E-state index in [1.54, 1.807) is 0 Å². The summed E-state index contributed by atoms with van der Waals surface area (Å²) < 4.78 is 13.4. The molecule has 1 aromatic carbocycles. The number of likely N-dealkylation sites (tertiary alicyclic amines) is 1. The lowest BCUT2D eigenvalue weighted by atomic mass is 9.95. The van der Waals surface area contributed by atoms with Gasteiger partial charge < -0.3 is 10.2 Å². The Hall–Kier alpha value is -1.93. The fourth-order valence-electron chi connectivity index (χ4n) is 2.98. The van der Waals surface area contributed by atoms with Crippen LogP contribution in [0.25, 0.3) is 0 Å². The van der Waals surface area contributed by atoms with Crippen LogP contribution in [0.1, 0.15) is 17.5 Å². The second-order valence-electron chi connectivity index (χ2n) is 5.37. The molecule has 3 atom stereocenters. The number of hydrogen-bond donors (Lipinski definition) is 1. The number of fused-ring (bicyclic) bond motifs is 1. The lowest BCUT2D eigenvalue weighted by molar-refractivity contribution is -0.133. The van der Waals surface area contributed by atoms with Crippen molar-refractivity contribution in [3.63, 3.8) is 0 Å². The van der Waals surface area contributed by atoms with Crippen LogP contribution < -0.4 is 5.32 Å². The number of carbonyl (C=O) groups excluding carboxylic acids is 1. The molecule has 104 valence electrons. The number of nitrogens with zero attached hydrogens (tertiary/aromatic N) is 2. The van der Waals surface area contributed by atoms with Gasteiger partial charge in [0.15, 0.2) is 0 Å². The Morgan fingerprint density at radius 2 is 2.15 bits per heavy atom. The molecule has 5 heteroatoms. The molecule has 0 radical (unpaired) electrons. The van der Waals surface area contributed by atoms with Gasteiger partial charge in [0.2, 0.25) is 5.91 Å². The molecule has 4 nitrogen and oxygen atoms in total. The molecular weight excluding hydrogens is 257 g/mol. The fraction of sp³-hybridized carbons (Fsp3) is 0.467. The first-order chi connectivity index (χ1) is 9.69. The first-order valence-electron chi connectivity index (χ1n) is 6.83. The van der Waals surface area contributed by atoms with E-state index in [2.05, 4.69) is 5.32 Å². The van der Waals surface area contributed by atoms with Crippen LogP contribution in [0.15, 0.2) is 24.3 Å². The Bertz CT molecular complexity index is 568. The van der Waals surface area contributed by atoms with Crippen molar-refractivity contribution < 1.29 is 9.18 Å². The molecular formula is C15H16FN3O. The van der Waals surface area contributed by atoms with Crippen molar-refractivity contribution in [2.75, 3.05) is 6.54 Å². The number of amides is 1. The third-order valence-corrected chi connectivity index (χ3v) is 4.06. The molecule has 0 spiro atoms. The third-order valence-electron chi connectivity index (χ3n) is 4.06. The van der Waals surface area contributed by atoms with Gasteiger partial charge in [-0.2, -0.15) is 5.26 Å². The van der Waals surface area contributed by atoms with E-state index in [0.717, 1.165) is 5.56 Å². The van der Waals surface area contributed by atoms with Crippen LogP contribution in [0.2, 0.25) is 0 Å². The highest BCUT2D eigenvalue weighted by atomic mass is 19.1. The van der Waals surface area contributed by atoms with Crippen molar-refractivity contribution in [2.24, 2.45) is 0 Å². The quantitative estimate of drug-likeness (QED) is 0.835. The average Bonchev–Trinajstić information content (AvgIpc) is 2.87. The highest BCUT2D eigenvalue weighted by Gasteiger charge is 2.38. The average molecular weight is 273 g/mol. The zero-order chi connectivity index (χ0) is 14.1. The van der Waals surface area contributed by atoms with Crippen molar-refractivity contribution in [1.82, 2.24) is 10.2 Å². The van der Waals surface area contributed by atoms with Crippen LogP contribution in [-0.4, -0.2) is 35.6 Å². The predicted molar refractivity (Wildman–Crippen MR) is 71.4 cm³/mol. The maximum absolute atomic E-state index is 13.4. The van der Waals surface area contributed by atoms with E-state index < -0.39 is 12.2 Å². The van der Waals surface area contributed by atoms with Crippen LogP contribution in [-0.2, 0) is 17.8 Å². The van der Waals surface area contributed by atoms with E-state index in [9.17, 15) is 9.18 Å². The van der Waals surface area contributed by atoms with Gasteiger partial charge in [0.25, 0.3) is 0 Å². The van der Waals surface area contributed by atoms with E-state index in [1.807, 2.05) is 30.3 Å². The lowest BCUT2D eigenvalue weighted by Crippen LogP contribution is -2.50. The summed E-state index contributed by atoms with van der Waals surface area (Å²) >= 11 is 0. The summed E-state index contributed by atoms with van der Waals surface area (Å²) in [5.41, 5.74) is 2.34. The summed E-state index contributed by atoms with van der Waals surface area (Å²) in [6.45, 7) is 0.674. The Kier molecular flexibility index (Phi) is 3.41. The molecule has 2 aliphatic rings. The topological polar surface area (TPSA) is 56.1 Å².